The molecule has 0 aromatic carbocycles. The van der Waals surface area contributed by atoms with Crippen molar-refractivity contribution in [3.8, 4) is 0 Å². The number of halogens is 2. The van der Waals surface area contributed by atoms with Crippen LogP contribution in [0.2, 0.25) is 0 Å². The predicted molar refractivity (Wildman–Crippen MR) is 66.4 cm³/mol. The average Bonchev–Trinajstić information content (AvgIpc) is 2.17. The molecule has 0 aliphatic heterocycles. The van der Waals surface area contributed by atoms with E-state index in [2.05, 4.69) is 34.3 Å². The van der Waals surface area contributed by atoms with Crippen LogP contribution in [0.5, 0.6) is 0 Å². The van der Waals surface area contributed by atoms with Gasteiger partial charge in [-0.2, -0.15) is 0 Å². The Morgan fingerprint density at radius 1 is 1.15 bits per heavy atom. The lowest BCUT2D eigenvalue weighted by molar-refractivity contribution is 0.656. The molecule has 13 heavy (non-hydrogen) atoms. The zero-order valence-electron chi connectivity index (χ0n) is 8.65. The maximum atomic E-state index is 5.14. The van der Waals surface area contributed by atoms with Gasteiger partial charge < -0.3 is 0 Å². The number of nitrogens with one attached hydrogen (secondary N) is 1. The van der Waals surface area contributed by atoms with Crippen LogP contribution in [0, 0.1) is 0 Å². The van der Waals surface area contributed by atoms with Gasteiger partial charge in [0.05, 0.1) is 0 Å². The van der Waals surface area contributed by atoms with Gasteiger partial charge in [0.1, 0.15) is 0 Å². The van der Waals surface area contributed by atoms with E-state index in [1.54, 1.807) is 6.08 Å². The van der Waals surface area contributed by atoms with Crippen molar-refractivity contribution < 1.29 is 0 Å². The number of hydrogen-bond donors (Lipinski definition) is 1. The van der Waals surface area contributed by atoms with E-state index in [0.717, 1.165) is 6.54 Å². The Balaban J connectivity index is 0. The fraction of sp³-hybridized carbons (Fsp3) is 0.800. The van der Waals surface area contributed by atoms with Crippen LogP contribution in [0.25, 0.3) is 0 Å². The minimum absolute atomic E-state index is 0.767. The summed E-state index contributed by atoms with van der Waals surface area (Å²) in [5.41, 5.74) is 1.47. The Hall–Kier alpha value is 0.470. The lowest BCUT2D eigenvalue weighted by Crippen LogP contribution is -1.93. The van der Waals surface area contributed by atoms with Crippen LogP contribution >= 0.6 is 27.7 Å². The lowest BCUT2D eigenvalue weighted by atomic mass is 10.2. The summed E-state index contributed by atoms with van der Waals surface area (Å²) < 4.78 is 2.71. The van der Waals surface area contributed by atoms with Gasteiger partial charge in [-0.3, -0.25) is 4.34 Å². The molecule has 0 rings (SSSR count). The maximum absolute atomic E-state index is 5.14. The quantitative estimate of drug-likeness (QED) is 0.549. The minimum atomic E-state index is 0.767. The maximum Gasteiger partial charge on any atom is 0.0254 e. The van der Waals surface area contributed by atoms with E-state index in [-0.39, 0.29) is 0 Å². The lowest BCUT2D eigenvalue weighted by Gasteiger charge is -1.90. The Kier molecular flexibility index (Phi) is 22.4. The number of unbranched alkanes of at least 4 members (excludes halogenated alkanes) is 4. The first kappa shape index (κ1) is 15.9. The molecule has 0 fully saturated rings. The van der Waals surface area contributed by atoms with Gasteiger partial charge in [-0.1, -0.05) is 63.6 Å². The third-order valence-corrected chi connectivity index (χ3v) is 1.99. The summed E-state index contributed by atoms with van der Waals surface area (Å²) in [4.78, 5) is 0. The molecule has 0 amide bonds. The Labute approximate surface area is 96.3 Å². The number of rotatable bonds is 6. The third-order valence-electron chi connectivity index (χ3n) is 1.49. The molecule has 0 radical (unpaired) electrons. The molecule has 0 aromatic heterocycles. The Morgan fingerprint density at radius 2 is 1.69 bits per heavy atom. The van der Waals surface area contributed by atoms with E-state index in [0.29, 0.717) is 0 Å². The van der Waals surface area contributed by atoms with E-state index >= 15 is 0 Å². The molecule has 1 N–H and O–H groups in total. The second-order valence-electron chi connectivity index (χ2n) is 2.76. The molecule has 0 aliphatic carbocycles. The third kappa shape index (κ3) is 24.5. The van der Waals surface area contributed by atoms with Crippen molar-refractivity contribution in [1.29, 1.82) is 0 Å². The van der Waals surface area contributed by atoms with Crippen LogP contribution in [-0.4, -0.2) is 6.54 Å². The summed E-state index contributed by atoms with van der Waals surface area (Å²) in [7, 11) is 0. The van der Waals surface area contributed by atoms with Gasteiger partial charge in [-0.25, -0.2) is 0 Å². The second-order valence-corrected chi connectivity index (χ2v) is 3.57. The van der Waals surface area contributed by atoms with Gasteiger partial charge in [0.15, 0.2) is 0 Å². The SMILES string of the molecule is CCCCCCC.ClC=CCNBr. The van der Waals surface area contributed by atoms with Crippen molar-refractivity contribution in [3.05, 3.63) is 11.6 Å². The zero-order chi connectivity index (χ0) is 10.4. The van der Waals surface area contributed by atoms with Gasteiger partial charge >= 0.3 is 0 Å². The highest BCUT2D eigenvalue weighted by molar-refractivity contribution is 9.08. The molecule has 0 atom stereocenters. The van der Waals surface area contributed by atoms with E-state index < -0.39 is 0 Å². The van der Waals surface area contributed by atoms with Crippen molar-refractivity contribution in [2.45, 2.75) is 46.0 Å². The Bertz CT molecular complexity index is 92.9. The van der Waals surface area contributed by atoms with Gasteiger partial charge in [-0.05, 0) is 0 Å². The molecule has 80 valence electrons. The fourth-order valence-corrected chi connectivity index (χ4v) is 1.04. The van der Waals surface area contributed by atoms with Crippen LogP contribution in [0.1, 0.15) is 46.0 Å². The summed E-state index contributed by atoms with van der Waals surface area (Å²) in [5, 5.41) is 0. The summed E-state index contributed by atoms with van der Waals surface area (Å²) in [6, 6.07) is 0. The first-order valence-electron chi connectivity index (χ1n) is 4.92. The Morgan fingerprint density at radius 3 is 1.92 bits per heavy atom. The molecular formula is C10H21BrClN. The van der Waals surface area contributed by atoms with E-state index in [1.165, 1.54) is 37.6 Å². The zero-order valence-corrected chi connectivity index (χ0v) is 11.0. The summed E-state index contributed by atoms with van der Waals surface area (Å²) in [6.07, 6.45) is 8.80. The molecule has 0 saturated carbocycles. The van der Waals surface area contributed by atoms with Gasteiger partial charge in [0.2, 0.25) is 0 Å². The van der Waals surface area contributed by atoms with Gasteiger partial charge in [0, 0.05) is 28.2 Å². The number of hydrogen-bond acceptors (Lipinski definition) is 1. The molecular weight excluding hydrogens is 249 g/mol. The van der Waals surface area contributed by atoms with Crippen LogP contribution < -0.4 is 4.34 Å². The highest BCUT2D eigenvalue weighted by atomic mass is 79.9. The normalized spacial score (nSPS) is 9.85. The van der Waals surface area contributed by atoms with Gasteiger partial charge in [-0.15, -0.1) is 0 Å². The molecule has 0 heterocycles. The van der Waals surface area contributed by atoms with Crippen LogP contribution in [0.3, 0.4) is 0 Å². The molecule has 1 nitrogen and oxygen atoms in total. The van der Waals surface area contributed by atoms with Crippen LogP contribution in [-0.2, 0) is 0 Å². The van der Waals surface area contributed by atoms with E-state index in [4.69, 9.17) is 11.6 Å². The summed E-state index contributed by atoms with van der Waals surface area (Å²) >= 11 is 8.13. The molecule has 0 spiro atoms. The first-order chi connectivity index (χ1) is 6.33. The van der Waals surface area contributed by atoms with Crippen molar-refractivity contribution >= 4 is 27.7 Å². The molecule has 0 aromatic rings. The molecule has 0 aliphatic rings. The van der Waals surface area contributed by atoms with Crippen LogP contribution in [0.15, 0.2) is 11.6 Å². The molecule has 3 heteroatoms. The summed E-state index contributed by atoms with van der Waals surface area (Å²) in [5.74, 6) is 0. The van der Waals surface area contributed by atoms with Crippen molar-refractivity contribution in [2.75, 3.05) is 6.54 Å². The van der Waals surface area contributed by atoms with Gasteiger partial charge in [0.25, 0.3) is 0 Å². The first-order valence-corrected chi connectivity index (χ1v) is 6.15. The van der Waals surface area contributed by atoms with Crippen molar-refractivity contribution in [2.24, 2.45) is 0 Å². The molecule has 0 bridgehead atoms. The highest BCUT2D eigenvalue weighted by Crippen LogP contribution is 2.00. The van der Waals surface area contributed by atoms with E-state index in [9.17, 15) is 0 Å². The van der Waals surface area contributed by atoms with Crippen molar-refractivity contribution in [3.63, 3.8) is 0 Å². The largest absolute Gasteiger partial charge is 0.252 e. The topological polar surface area (TPSA) is 12.0 Å². The second kappa shape index (κ2) is 18.3. The minimum Gasteiger partial charge on any atom is -0.252 e. The molecule has 0 unspecified atom stereocenters. The molecule has 0 saturated heterocycles. The monoisotopic (exact) mass is 269 g/mol. The summed E-state index contributed by atoms with van der Waals surface area (Å²) in [6.45, 7) is 5.26. The fourth-order valence-electron chi connectivity index (χ4n) is 0.766. The predicted octanol–water partition coefficient (Wildman–Crippen LogP) is 4.62. The van der Waals surface area contributed by atoms with Crippen molar-refractivity contribution in [1.82, 2.24) is 4.34 Å². The highest BCUT2D eigenvalue weighted by Gasteiger charge is 1.80. The van der Waals surface area contributed by atoms with E-state index in [1.807, 2.05) is 0 Å². The smallest absolute Gasteiger partial charge is 0.0254 e. The standard InChI is InChI=1S/C7H16.C3H5BrClN/c1-3-5-7-6-4-2;4-6-3-1-2-5/h3-7H2,1-2H3;1-2,6H,3H2. The van der Waals surface area contributed by atoms with Crippen LogP contribution in [0.4, 0.5) is 0 Å². The average molecular weight is 271 g/mol.